The van der Waals surface area contributed by atoms with E-state index in [2.05, 4.69) is 146 Å². The summed E-state index contributed by atoms with van der Waals surface area (Å²) in [6.07, 6.45) is 0. The second-order valence-corrected chi connectivity index (χ2v) is 13.7. The Morgan fingerprint density at radius 2 is 0.795 bits per heavy atom. The fourth-order valence-corrected chi connectivity index (χ4v) is 9.95. The maximum absolute atomic E-state index is 2.50. The third-order valence-corrected chi connectivity index (χ3v) is 11.7. The van der Waals surface area contributed by atoms with E-state index in [1.54, 1.807) is 0 Å². The van der Waals surface area contributed by atoms with Gasteiger partial charge in [0.25, 0.3) is 0 Å². The van der Waals surface area contributed by atoms with Crippen molar-refractivity contribution in [3.8, 4) is 22.3 Å². The maximum Gasteiger partial charge on any atom is 0.0449 e. The summed E-state index contributed by atoms with van der Waals surface area (Å²) < 4.78 is 5.45. The van der Waals surface area contributed by atoms with Crippen molar-refractivity contribution in [2.75, 3.05) is 0 Å². The average molecular weight is 593 g/mol. The molecule has 0 spiro atoms. The van der Waals surface area contributed by atoms with Crippen LogP contribution in [0.15, 0.2) is 146 Å². The summed E-state index contributed by atoms with van der Waals surface area (Å²) >= 11 is 3.86. The first-order valence-corrected chi connectivity index (χ1v) is 16.7. The van der Waals surface area contributed by atoms with Crippen LogP contribution in [0.5, 0.6) is 0 Å². The summed E-state index contributed by atoms with van der Waals surface area (Å²) in [5.74, 6) is 0. The third-order valence-electron chi connectivity index (χ3n) is 9.25. The Balaban J connectivity index is 1.44. The van der Waals surface area contributed by atoms with E-state index in [-0.39, 0.29) is 0 Å². The van der Waals surface area contributed by atoms with Crippen LogP contribution in [-0.4, -0.2) is 0 Å². The Bertz CT molecular complexity index is 2710. The van der Waals surface area contributed by atoms with E-state index in [1.807, 2.05) is 22.7 Å². The van der Waals surface area contributed by atoms with Crippen LogP contribution in [0.25, 0.3) is 94.9 Å². The molecule has 0 aliphatic rings. The van der Waals surface area contributed by atoms with Crippen molar-refractivity contribution < 1.29 is 0 Å². The predicted octanol–water partition coefficient (Wildman–Crippen LogP) is 13.2. The zero-order valence-corrected chi connectivity index (χ0v) is 25.3. The smallest absolute Gasteiger partial charge is 0.0449 e. The third kappa shape index (κ3) is 3.33. The molecule has 204 valence electrons. The van der Waals surface area contributed by atoms with E-state index in [1.165, 1.54) is 94.9 Å². The number of benzene rings is 8. The van der Waals surface area contributed by atoms with Gasteiger partial charge in [-0.2, -0.15) is 0 Å². The molecule has 2 heterocycles. The minimum Gasteiger partial charge on any atom is -0.134 e. The molecule has 8 aromatic carbocycles. The van der Waals surface area contributed by atoms with Crippen molar-refractivity contribution in [3.63, 3.8) is 0 Å². The summed E-state index contributed by atoms with van der Waals surface area (Å²) in [6, 6.07) is 53.9. The van der Waals surface area contributed by atoms with Crippen LogP contribution < -0.4 is 0 Å². The molecule has 10 rings (SSSR count). The van der Waals surface area contributed by atoms with Crippen LogP contribution in [0.3, 0.4) is 0 Å². The number of thiophene rings is 2. The van der Waals surface area contributed by atoms with Gasteiger partial charge in [0, 0.05) is 45.9 Å². The molecular formula is C42H24S2. The molecule has 2 heteroatoms. The standard InChI is InChI=1S/C42H24S2/c1-2-14-26-25(12-1)13-11-21-28(26)38-29-16-3-5-18-31(29)39(32-19-6-4-17-30(32)38)35-24-34-27-15-7-9-22-36(27)43-41(34)40-33-20-8-10-23-37(33)44-42(35)40/h1-24H. The normalized spacial score (nSPS) is 12.1. The van der Waals surface area contributed by atoms with Crippen LogP contribution in [0.4, 0.5) is 0 Å². The van der Waals surface area contributed by atoms with Crippen LogP contribution in [-0.2, 0) is 0 Å². The molecule has 0 unspecified atom stereocenters. The molecule has 0 saturated heterocycles. The fourth-order valence-electron chi connectivity index (χ4n) is 7.40. The summed E-state index contributed by atoms with van der Waals surface area (Å²) in [5.41, 5.74) is 5.25. The van der Waals surface area contributed by atoms with E-state index in [0.29, 0.717) is 0 Å². The summed E-state index contributed by atoms with van der Waals surface area (Å²) in [7, 11) is 0. The Morgan fingerprint density at radius 1 is 0.318 bits per heavy atom. The molecule has 0 nitrogen and oxygen atoms in total. The molecule has 2 aromatic heterocycles. The predicted molar refractivity (Wildman–Crippen MR) is 196 cm³/mol. The lowest BCUT2D eigenvalue weighted by atomic mass is 9.84. The lowest BCUT2D eigenvalue weighted by Gasteiger charge is -2.19. The molecule has 0 aliphatic carbocycles. The highest BCUT2D eigenvalue weighted by atomic mass is 32.1. The molecular weight excluding hydrogens is 569 g/mol. The first-order chi connectivity index (χ1) is 21.8. The van der Waals surface area contributed by atoms with E-state index in [4.69, 9.17) is 0 Å². The van der Waals surface area contributed by atoms with E-state index < -0.39 is 0 Å². The molecule has 0 fully saturated rings. The van der Waals surface area contributed by atoms with E-state index >= 15 is 0 Å². The zero-order chi connectivity index (χ0) is 28.8. The summed E-state index contributed by atoms with van der Waals surface area (Å²) in [5, 5.41) is 13.2. The molecule has 0 atom stereocenters. The van der Waals surface area contributed by atoms with Gasteiger partial charge in [-0.15, -0.1) is 22.7 Å². The van der Waals surface area contributed by atoms with Gasteiger partial charge in [0.1, 0.15) is 0 Å². The Labute approximate surface area is 262 Å². The Hall–Kier alpha value is -5.02. The van der Waals surface area contributed by atoms with Crippen LogP contribution in [0.2, 0.25) is 0 Å². The largest absolute Gasteiger partial charge is 0.134 e. The summed E-state index contributed by atoms with van der Waals surface area (Å²) in [4.78, 5) is 0. The quantitative estimate of drug-likeness (QED) is 0.175. The summed E-state index contributed by atoms with van der Waals surface area (Å²) in [6.45, 7) is 0. The molecule has 10 aromatic rings. The van der Waals surface area contributed by atoms with Crippen LogP contribution in [0, 0.1) is 0 Å². The molecule has 0 aliphatic heterocycles. The van der Waals surface area contributed by atoms with Crippen LogP contribution >= 0.6 is 22.7 Å². The Kier molecular flexibility index (Phi) is 5.13. The molecule has 0 bridgehead atoms. The van der Waals surface area contributed by atoms with E-state index in [9.17, 15) is 0 Å². The second kappa shape index (κ2) is 9.24. The van der Waals surface area contributed by atoms with Gasteiger partial charge in [0.2, 0.25) is 0 Å². The van der Waals surface area contributed by atoms with Gasteiger partial charge < -0.3 is 0 Å². The molecule has 0 radical (unpaired) electrons. The highest BCUT2D eigenvalue weighted by molar-refractivity contribution is 7.30. The molecule has 0 N–H and O–H groups in total. The van der Waals surface area contributed by atoms with Gasteiger partial charge >= 0.3 is 0 Å². The van der Waals surface area contributed by atoms with Crippen molar-refractivity contribution in [1.29, 1.82) is 0 Å². The highest BCUT2D eigenvalue weighted by Crippen LogP contribution is 2.52. The maximum atomic E-state index is 2.50. The highest BCUT2D eigenvalue weighted by Gasteiger charge is 2.22. The first-order valence-electron chi connectivity index (χ1n) is 15.0. The molecule has 44 heavy (non-hydrogen) atoms. The lowest BCUT2D eigenvalue weighted by Crippen LogP contribution is -1.92. The van der Waals surface area contributed by atoms with Gasteiger partial charge in [-0.1, -0.05) is 127 Å². The van der Waals surface area contributed by atoms with Gasteiger partial charge in [0.05, 0.1) is 0 Å². The lowest BCUT2D eigenvalue weighted by molar-refractivity contribution is 1.70. The van der Waals surface area contributed by atoms with Crippen molar-refractivity contribution >= 4 is 95.3 Å². The van der Waals surface area contributed by atoms with Crippen molar-refractivity contribution in [1.82, 2.24) is 0 Å². The van der Waals surface area contributed by atoms with Crippen molar-refractivity contribution in [2.45, 2.75) is 0 Å². The van der Waals surface area contributed by atoms with Crippen molar-refractivity contribution in [2.24, 2.45) is 0 Å². The van der Waals surface area contributed by atoms with Gasteiger partial charge in [-0.25, -0.2) is 0 Å². The minimum absolute atomic E-state index is 1.27. The molecule has 0 saturated carbocycles. The van der Waals surface area contributed by atoms with Gasteiger partial charge in [0.15, 0.2) is 0 Å². The van der Waals surface area contributed by atoms with Crippen molar-refractivity contribution in [3.05, 3.63) is 146 Å². The number of hydrogen-bond acceptors (Lipinski definition) is 2. The monoisotopic (exact) mass is 592 g/mol. The van der Waals surface area contributed by atoms with Crippen LogP contribution in [0.1, 0.15) is 0 Å². The Morgan fingerprint density at radius 3 is 1.48 bits per heavy atom. The number of rotatable bonds is 2. The van der Waals surface area contributed by atoms with E-state index in [0.717, 1.165) is 0 Å². The topological polar surface area (TPSA) is 0 Å². The average Bonchev–Trinajstić information content (AvgIpc) is 3.65. The SMILES string of the molecule is c1ccc2c(-c3c4ccccc4c(-c4cc5c6ccccc6sc5c5c4sc4ccccc45)c4ccccc34)cccc2c1. The van der Waals surface area contributed by atoms with Gasteiger partial charge in [-0.3, -0.25) is 0 Å². The molecule has 0 amide bonds. The fraction of sp³-hybridized carbons (Fsp3) is 0. The number of hydrogen-bond donors (Lipinski definition) is 0. The second-order valence-electron chi connectivity index (χ2n) is 11.6. The first kappa shape index (κ1) is 24.4. The zero-order valence-electron chi connectivity index (χ0n) is 23.7. The number of fused-ring (bicyclic) bond motifs is 10. The van der Waals surface area contributed by atoms with Gasteiger partial charge in [-0.05, 0) is 67.2 Å². The minimum atomic E-state index is 1.27.